The molecule has 29 heavy (non-hydrogen) atoms. The SMILES string of the molecule is CCN(C(=O)C1CCN(c2ncnc3sc(C)c(C)c23)CC1)C1CCS(=O)(=O)C1. The number of carbonyl (C=O) groups is 1. The molecule has 1 atom stereocenters. The molecule has 0 aliphatic carbocycles. The van der Waals surface area contributed by atoms with Crippen molar-refractivity contribution in [2.24, 2.45) is 5.92 Å². The van der Waals surface area contributed by atoms with Gasteiger partial charge in [-0.3, -0.25) is 4.79 Å². The van der Waals surface area contributed by atoms with Crippen molar-refractivity contribution in [1.29, 1.82) is 0 Å². The van der Waals surface area contributed by atoms with Crippen molar-refractivity contribution in [1.82, 2.24) is 14.9 Å². The highest BCUT2D eigenvalue weighted by Gasteiger charge is 2.37. The van der Waals surface area contributed by atoms with E-state index in [2.05, 4.69) is 28.7 Å². The molecular formula is C20H28N4O3S2. The Morgan fingerprint density at radius 3 is 2.59 bits per heavy atom. The number of anilines is 1. The molecule has 4 rings (SSSR count). The highest BCUT2D eigenvalue weighted by Crippen LogP contribution is 2.36. The van der Waals surface area contributed by atoms with Crippen molar-refractivity contribution in [3.63, 3.8) is 0 Å². The zero-order chi connectivity index (χ0) is 20.8. The lowest BCUT2D eigenvalue weighted by atomic mass is 9.94. The van der Waals surface area contributed by atoms with Crippen molar-refractivity contribution in [2.75, 3.05) is 36.0 Å². The highest BCUT2D eigenvalue weighted by atomic mass is 32.2. The van der Waals surface area contributed by atoms with Gasteiger partial charge in [-0.25, -0.2) is 18.4 Å². The Kier molecular flexibility index (Phi) is 5.54. The number of nitrogens with zero attached hydrogens (tertiary/aromatic N) is 4. The first-order valence-corrected chi connectivity index (χ1v) is 12.9. The molecule has 1 unspecified atom stereocenters. The summed E-state index contributed by atoms with van der Waals surface area (Å²) in [4.78, 5) is 28.5. The molecule has 0 saturated carbocycles. The van der Waals surface area contributed by atoms with E-state index in [-0.39, 0.29) is 29.4 Å². The van der Waals surface area contributed by atoms with Gasteiger partial charge in [0.2, 0.25) is 5.91 Å². The Bertz CT molecular complexity index is 1030. The number of aryl methyl sites for hydroxylation is 2. The average molecular weight is 437 g/mol. The maximum Gasteiger partial charge on any atom is 0.226 e. The number of aromatic nitrogens is 2. The standard InChI is InChI=1S/C20H28N4O3S2/c1-4-24(16-7-10-29(26,27)11-16)20(25)15-5-8-23(9-6-15)18-17-13(2)14(3)28-19(17)22-12-21-18/h12,15-16H,4-11H2,1-3H3. The summed E-state index contributed by atoms with van der Waals surface area (Å²) in [5.41, 5.74) is 1.23. The van der Waals surface area contributed by atoms with Crippen LogP contribution in [0.4, 0.5) is 5.82 Å². The summed E-state index contributed by atoms with van der Waals surface area (Å²) < 4.78 is 23.7. The molecule has 158 valence electrons. The third-order valence-electron chi connectivity index (χ3n) is 6.36. The molecule has 2 aliphatic heterocycles. The minimum atomic E-state index is -3.00. The second kappa shape index (κ2) is 7.83. The summed E-state index contributed by atoms with van der Waals surface area (Å²) in [6.45, 7) is 8.29. The molecule has 0 bridgehead atoms. The number of hydrogen-bond donors (Lipinski definition) is 0. The Labute approximate surface area is 176 Å². The first kappa shape index (κ1) is 20.5. The lowest BCUT2D eigenvalue weighted by Gasteiger charge is -2.36. The summed E-state index contributed by atoms with van der Waals surface area (Å²) >= 11 is 1.70. The van der Waals surface area contributed by atoms with E-state index >= 15 is 0 Å². The predicted octanol–water partition coefficient (Wildman–Crippen LogP) is 2.56. The minimum absolute atomic E-state index is 0.0443. The van der Waals surface area contributed by atoms with Crippen LogP contribution in [-0.2, 0) is 14.6 Å². The van der Waals surface area contributed by atoms with Crippen LogP contribution >= 0.6 is 11.3 Å². The van der Waals surface area contributed by atoms with Gasteiger partial charge in [-0.05, 0) is 45.6 Å². The monoisotopic (exact) mass is 436 g/mol. The van der Waals surface area contributed by atoms with Gasteiger partial charge in [-0.15, -0.1) is 11.3 Å². The van der Waals surface area contributed by atoms with E-state index in [0.717, 1.165) is 42.0 Å². The minimum Gasteiger partial charge on any atom is -0.356 e. The number of piperidine rings is 1. The van der Waals surface area contributed by atoms with Gasteiger partial charge < -0.3 is 9.80 Å². The van der Waals surface area contributed by atoms with E-state index in [9.17, 15) is 13.2 Å². The smallest absolute Gasteiger partial charge is 0.226 e. The third-order valence-corrected chi connectivity index (χ3v) is 9.23. The van der Waals surface area contributed by atoms with Crippen molar-refractivity contribution in [3.05, 3.63) is 16.8 Å². The topological polar surface area (TPSA) is 83.5 Å². The van der Waals surface area contributed by atoms with Crippen molar-refractivity contribution in [2.45, 2.75) is 46.1 Å². The van der Waals surface area contributed by atoms with E-state index in [0.29, 0.717) is 13.0 Å². The van der Waals surface area contributed by atoms with Crippen LogP contribution in [0.1, 0.15) is 36.6 Å². The maximum atomic E-state index is 13.1. The molecule has 1 amide bonds. The molecule has 2 aromatic heterocycles. The molecule has 0 radical (unpaired) electrons. The normalized spacial score (nSPS) is 22.3. The molecule has 0 N–H and O–H groups in total. The summed E-state index contributed by atoms with van der Waals surface area (Å²) in [6, 6.07) is -0.159. The van der Waals surface area contributed by atoms with Gasteiger partial charge in [0.15, 0.2) is 9.84 Å². The number of thiophene rings is 1. The summed E-state index contributed by atoms with van der Waals surface area (Å²) in [5, 5.41) is 1.13. The molecule has 2 aliphatic rings. The zero-order valence-electron chi connectivity index (χ0n) is 17.2. The predicted molar refractivity (Wildman–Crippen MR) is 116 cm³/mol. The van der Waals surface area contributed by atoms with Gasteiger partial charge in [0.25, 0.3) is 0 Å². The summed E-state index contributed by atoms with van der Waals surface area (Å²) in [5.74, 6) is 1.35. The fourth-order valence-electron chi connectivity index (χ4n) is 4.59. The van der Waals surface area contributed by atoms with Gasteiger partial charge >= 0.3 is 0 Å². The number of sulfone groups is 1. The number of fused-ring (bicyclic) bond motifs is 1. The molecular weight excluding hydrogens is 408 g/mol. The average Bonchev–Trinajstić information content (AvgIpc) is 3.21. The molecule has 9 heteroatoms. The zero-order valence-corrected chi connectivity index (χ0v) is 18.9. The van der Waals surface area contributed by atoms with Crippen LogP contribution in [0.2, 0.25) is 0 Å². The Morgan fingerprint density at radius 2 is 1.97 bits per heavy atom. The molecule has 2 fully saturated rings. The fourth-order valence-corrected chi connectivity index (χ4v) is 7.31. The molecule has 2 saturated heterocycles. The van der Waals surface area contributed by atoms with Crippen LogP contribution in [0.5, 0.6) is 0 Å². The van der Waals surface area contributed by atoms with Gasteiger partial charge in [0.1, 0.15) is 17.0 Å². The molecule has 4 heterocycles. The first-order chi connectivity index (χ1) is 13.8. The van der Waals surface area contributed by atoms with E-state index in [1.807, 2.05) is 6.92 Å². The van der Waals surface area contributed by atoms with Crippen LogP contribution in [0, 0.1) is 19.8 Å². The lowest BCUT2D eigenvalue weighted by Crippen LogP contribution is -2.47. The van der Waals surface area contributed by atoms with E-state index in [1.54, 1.807) is 22.6 Å². The summed E-state index contributed by atoms with van der Waals surface area (Å²) in [7, 11) is -3.00. The Hall–Kier alpha value is -1.74. The fraction of sp³-hybridized carbons (Fsp3) is 0.650. The quantitative estimate of drug-likeness (QED) is 0.732. The summed E-state index contributed by atoms with van der Waals surface area (Å²) in [6.07, 6.45) is 3.73. The van der Waals surface area contributed by atoms with Gasteiger partial charge in [0, 0.05) is 36.5 Å². The van der Waals surface area contributed by atoms with Crippen LogP contribution in [0.3, 0.4) is 0 Å². The van der Waals surface area contributed by atoms with Crippen LogP contribution in [0.25, 0.3) is 10.2 Å². The van der Waals surface area contributed by atoms with Crippen molar-refractivity contribution < 1.29 is 13.2 Å². The van der Waals surface area contributed by atoms with Crippen LogP contribution in [0.15, 0.2) is 6.33 Å². The van der Waals surface area contributed by atoms with Gasteiger partial charge in [-0.1, -0.05) is 0 Å². The second-order valence-electron chi connectivity index (χ2n) is 8.10. The largest absolute Gasteiger partial charge is 0.356 e. The van der Waals surface area contributed by atoms with Crippen LogP contribution < -0.4 is 4.90 Å². The first-order valence-electron chi connectivity index (χ1n) is 10.3. The Balaban J connectivity index is 1.46. The number of carbonyl (C=O) groups excluding carboxylic acids is 1. The van der Waals surface area contributed by atoms with E-state index < -0.39 is 9.84 Å². The van der Waals surface area contributed by atoms with E-state index in [4.69, 9.17) is 0 Å². The molecule has 2 aromatic rings. The molecule has 0 spiro atoms. The highest BCUT2D eigenvalue weighted by molar-refractivity contribution is 7.91. The molecule has 7 nitrogen and oxygen atoms in total. The lowest BCUT2D eigenvalue weighted by molar-refractivity contribution is -0.137. The number of hydrogen-bond acceptors (Lipinski definition) is 7. The van der Waals surface area contributed by atoms with Crippen molar-refractivity contribution in [3.8, 4) is 0 Å². The van der Waals surface area contributed by atoms with Gasteiger partial charge in [0.05, 0.1) is 16.9 Å². The number of rotatable bonds is 4. The van der Waals surface area contributed by atoms with Gasteiger partial charge in [-0.2, -0.15) is 0 Å². The maximum absolute atomic E-state index is 13.1. The number of amides is 1. The molecule has 0 aromatic carbocycles. The van der Waals surface area contributed by atoms with Crippen LogP contribution in [-0.4, -0.2) is 66.4 Å². The van der Waals surface area contributed by atoms with E-state index in [1.165, 1.54) is 10.4 Å². The second-order valence-corrected chi connectivity index (χ2v) is 11.5. The Morgan fingerprint density at radius 1 is 1.24 bits per heavy atom. The van der Waals surface area contributed by atoms with Crippen molar-refractivity contribution >= 4 is 43.1 Å². The third kappa shape index (κ3) is 3.86.